The average molecular weight is 236 g/mol. The van der Waals surface area contributed by atoms with Gasteiger partial charge < -0.3 is 15.7 Å². The average Bonchev–Trinajstić information content (AvgIpc) is 2.22. The van der Waals surface area contributed by atoms with Gasteiger partial charge in [-0.2, -0.15) is 0 Å². The number of hydrogen-bond acceptors (Lipinski definition) is 5. The lowest BCUT2D eigenvalue weighted by molar-refractivity contribution is -0.138. The number of carbonyl (C=O) groups is 2. The zero-order valence-electron chi connectivity index (χ0n) is 9.04. The third-order valence-corrected chi connectivity index (χ3v) is 2.63. The van der Waals surface area contributed by atoms with Crippen LogP contribution in [0, 0.1) is 5.92 Å². The summed E-state index contributed by atoms with van der Waals surface area (Å²) in [6.07, 6.45) is 3.01. The lowest BCUT2D eigenvalue weighted by atomic mass is 9.96. The van der Waals surface area contributed by atoms with E-state index in [1.54, 1.807) is 4.90 Å². The Morgan fingerprint density at radius 1 is 1.41 bits per heavy atom. The monoisotopic (exact) mass is 236 g/mol. The van der Waals surface area contributed by atoms with Crippen molar-refractivity contribution in [3.8, 4) is 0 Å². The van der Waals surface area contributed by atoms with Crippen LogP contribution in [0.15, 0.2) is 12.4 Å². The largest absolute Gasteiger partial charge is 0.481 e. The Hall–Kier alpha value is -2.18. The lowest BCUT2D eigenvalue weighted by Crippen LogP contribution is -2.48. The smallest absolute Gasteiger partial charge is 0.303 e. The van der Waals surface area contributed by atoms with Gasteiger partial charge in [0, 0.05) is 31.4 Å². The first-order valence-electron chi connectivity index (χ1n) is 5.15. The van der Waals surface area contributed by atoms with E-state index >= 15 is 0 Å². The highest BCUT2D eigenvalue weighted by Gasteiger charge is 2.31. The first-order chi connectivity index (χ1) is 8.08. The molecule has 7 heteroatoms. The Morgan fingerprint density at radius 3 is 2.65 bits per heavy atom. The highest BCUT2D eigenvalue weighted by Crippen LogP contribution is 2.26. The fourth-order valence-corrected chi connectivity index (χ4v) is 1.85. The Morgan fingerprint density at radius 2 is 2.06 bits per heavy atom. The molecule has 0 aliphatic carbocycles. The molecular weight excluding hydrogens is 224 g/mol. The molecule has 17 heavy (non-hydrogen) atoms. The number of hydrogen-bond donors (Lipinski definition) is 2. The number of carbonyl (C=O) groups excluding carboxylic acids is 1. The number of aromatic nitrogens is 2. The quantitative estimate of drug-likeness (QED) is 0.728. The molecule has 3 N–H and O–H groups in total. The van der Waals surface area contributed by atoms with Crippen molar-refractivity contribution in [2.24, 2.45) is 11.7 Å². The van der Waals surface area contributed by atoms with Gasteiger partial charge in [-0.15, -0.1) is 0 Å². The predicted molar refractivity (Wildman–Crippen MR) is 58.5 cm³/mol. The topological polar surface area (TPSA) is 109 Å². The van der Waals surface area contributed by atoms with E-state index in [1.807, 2.05) is 0 Å². The normalized spacial score (nSPS) is 15.4. The summed E-state index contributed by atoms with van der Waals surface area (Å²) in [7, 11) is 0. The maximum Gasteiger partial charge on any atom is 0.303 e. The zero-order valence-corrected chi connectivity index (χ0v) is 9.04. The van der Waals surface area contributed by atoms with Crippen molar-refractivity contribution in [3.05, 3.63) is 18.1 Å². The highest BCUT2D eigenvalue weighted by molar-refractivity contribution is 5.95. The minimum atomic E-state index is -0.816. The minimum Gasteiger partial charge on any atom is -0.481 e. The second-order valence-electron chi connectivity index (χ2n) is 3.96. The molecule has 1 aromatic heterocycles. The van der Waals surface area contributed by atoms with Gasteiger partial charge in [-0.05, 0) is 0 Å². The van der Waals surface area contributed by atoms with Crippen molar-refractivity contribution < 1.29 is 14.7 Å². The van der Waals surface area contributed by atoms with Crippen LogP contribution in [-0.4, -0.2) is 40.0 Å². The van der Waals surface area contributed by atoms with E-state index in [0.29, 0.717) is 18.9 Å². The predicted octanol–water partition coefficient (Wildman–Crippen LogP) is -0.514. The maximum absolute atomic E-state index is 11.1. The molecule has 1 aliphatic heterocycles. The number of carboxylic acid groups (broad SMARTS) is 1. The van der Waals surface area contributed by atoms with Gasteiger partial charge in [-0.1, -0.05) is 0 Å². The number of aliphatic carboxylic acids is 1. The van der Waals surface area contributed by atoms with Crippen molar-refractivity contribution in [2.45, 2.75) is 6.42 Å². The molecule has 0 radical (unpaired) electrons. The minimum absolute atomic E-state index is 0.0928. The van der Waals surface area contributed by atoms with Crippen LogP contribution in [-0.2, 0) is 4.79 Å². The van der Waals surface area contributed by atoms with Crippen molar-refractivity contribution in [1.29, 1.82) is 0 Å². The summed E-state index contributed by atoms with van der Waals surface area (Å²) in [5.41, 5.74) is 5.31. The summed E-state index contributed by atoms with van der Waals surface area (Å²) in [6.45, 7) is 1.12. The SMILES string of the molecule is NC(=O)c1nccnc1N1CC(CC(=O)O)C1. The molecule has 1 saturated heterocycles. The molecule has 1 aliphatic rings. The Balaban J connectivity index is 2.06. The van der Waals surface area contributed by atoms with Gasteiger partial charge >= 0.3 is 5.97 Å². The number of nitrogens with zero attached hydrogens (tertiary/aromatic N) is 3. The molecule has 1 aromatic rings. The third-order valence-electron chi connectivity index (χ3n) is 2.63. The Bertz CT molecular complexity index is 457. The van der Waals surface area contributed by atoms with Gasteiger partial charge in [-0.25, -0.2) is 9.97 Å². The van der Waals surface area contributed by atoms with E-state index in [2.05, 4.69) is 9.97 Å². The fourth-order valence-electron chi connectivity index (χ4n) is 1.85. The molecule has 2 rings (SSSR count). The van der Waals surface area contributed by atoms with Crippen LogP contribution in [0.3, 0.4) is 0 Å². The molecule has 2 heterocycles. The van der Waals surface area contributed by atoms with Crippen LogP contribution < -0.4 is 10.6 Å². The molecule has 0 bridgehead atoms. The van der Waals surface area contributed by atoms with Crippen LogP contribution in [0.5, 0.6) is 0 Å². The van der Waals surface area contributed by atoms with Crippen molar-refractivity contribution in [3.63, 3.8) is 0 Å². The lowest BCUT2D eigenvalue weighted by Gasteiger charge is -2.39. The second-order valence-corrected chi connectivity index (χ2v) is 3.96. The van der Waals surface area contributed by atoms with E-state index < -0.39 is 11.9 Å². The van der Waals surface area contributed by atoms with Crippen LogP contribution in [0.4, 0.5) is 5.82 Å². The fraction of sp³-hybridized carbons (Fsp3) is 0.400. The summed E-state index contributed by atoms with van der Waals surface area (Å²) >= 11 is 0. The van der Waals surface area contributed by atoms with Gasteiger partial charge in [0.2, 0.25) is 0 Å². The number of amides is 1. The highest BCUT2D eigenvalue weighted by atomic mass is 16.4. The number of nitrogens with two attached hydrogens (primary N) is 1. The van der Waals surface area contributed by atoms with Gasteiger partial charge in [0.05, 0.1) is 6.42 Å². The van der Waals surface area contributed by atoms with Crippen LogP contribution in [0.1, 0.15) is 16.9 Å². The van der Waals surface area contributed by atoms with E-state index in [-0.39, 0.29) is 18.0 Å². The Labute approximate surface area is 97.3 Å². The summed E-state index contributed by atoms with van der Waals surface area (Å²) < 4.78 is 0. The van der Waals surface area contributed by atoms with Gasteiger partial charge in [0.25, 0.3) is 5.91 Å². The Kier molecular flexibility index (Phi) is 2.90. The summed E-state index contributed by atoms with van der Waals surface area (Å²) in [6, 6.07) is 0. The van der Waals surface area contributed by atoms with E-state index in [0.717, 1.165) is 0 Å². The van der Waals surface area contributed by atoms with Gasteiger partial charge in [-0.3, -0.25) is 9.59 Å². The molecular formula is C10H12N4O3. The molecule has 0 saturated carbocycles. The number of rotatable bonds is 4. The molecule has 0 aromatic carbocycles. The molecule has 0 spiro atoms. The number of primary amides is 1. The number of carboxylic acids is 1. The van der Waals surface area contributed by atoms with Crippen molar-refractivity contribution >= 4 is 17.7 Å². The van der Waals surface area contributed by atoms with E-state index in [4.69, 9.17) is 10.8 Å². The van der Waals surface area contributed by atoms with Gasteiger partial charge in [0.1, 0.15) is 0 Å². The molecule has 1 amide bonds. The molecule has 0 atom stereocenters. The third kappa shape index (κ3) is 2.32. The zero-order chi connectivity index (χ0) is 12.4. The van der Waals surface area contributed by atoms with Gasteiger partial charge in [0.15, 0.2) is 11.5 Å². The molecule has 90 valence electrons. The van der Waals surface area contributed by atoms with E-state index in [1.165, 1.54) is 12.4 Å². The van der Waals surface area contributed by atoms with Crippen molar-refractivity contribution in [1.82, 2.24) is 9.97 Å². The molecule has 7 nitrogen and oxygen atoms in total. The molecule has 1 fully saturated rings. The summed E-state index contributed by atoms with van der Waals surface area (Å²) in [4.78, 5) is 31.4. The van der Waals surface area contributed by atoms with Crippen molar-refractivity contribution in [2.75, 3.05) is 18.0 Å². The number of anilines is 1. The summed E-state index contributed by atoms with van der Waals surface area (Å²) in [5.74, 6) is -0.921. The second kappa shape index (κ2) is 4.36. The van der Waals surface area contributed by atoms with Crippen LogP contribution in [0.25, 0.3) is 0 Å². The van der Waals surface area contributed by atoms with E-state index in [9.17, 15) is 9.59 Å². The maximum atomic E-state index is 11.1. The standard InChI is InChI=1S/C10H12N4O3/c11-9(17)8-10(13-2-1-12-8)14-4-6(5-14)3-7(15)16/h1-2,6H,3-5H2,(H2,11,17)(H,15,16). The summed E-state index contributed by atoms with van der Waals surface area (Å²) in [5, 5.41) is 8.63. The van der Waals surface area contributed by atoms with Crippen LogP contribution >= 0.6 is 0 Å². The molecule has 0 unspecified atom stereocenters. The van der Waals surface area contributed by atoms with Crippen LogP contribution in [0.2, 0.25) is 0 Å². The first-order valence-corrected chi connectivity index (χ1v) is 5.15. The first kappa shape index (κ1) is 11.3.